The Morgan fingerprint density at radius 3 is 2.55 bits per heavy atom. The molecule has 0 saturated carbocycles. The molecule has 1 amide bonds. The zero-order chi connectivity index (χ0) is 14.8. The number of amides is 1. The van der Waals surface area contributed by atoms with E-state index >= 15 is 0 Å². The maximum absolute atomic E-state index is 11.5. The lowest BCUT2D eigenvalue weighted by atomic mass is 10.1. The summed E-state index contributed by atoms with van der Waals surface area (Å²) < 4.78 is 4.77. The average molecular weight is 298 g/mol. The number of halogens is 1. The maximum Gasteiger partial charge on any atom is 0.307 e. The number of hydrogen-bond acceptors (Lipinski definition) is 3. The van der Waals surface area contributed by atoms with Gasteiger partial charge in [-0.15, -0.1) is 0 Å². The van der Waals surface area contributed by atoms with Crippen molar-refractivity contribution in [3.63, 3.8) is 0 Å². The van der Waals surface area contributed by atoms with Gasteiger partial charge in [0.1, 0.15) is 0 Å². The quantitative estimate of drug-likeness (QED) is 0.751. The van der Waals surface area contributed by atoms with E-state index in [1.165, 1.54) is 0 Å². The molecule has 20 heavy (non-hydrogen) atoms. The SMILES string of the molecule is CCOC(=O)CCNC(=O)CCCc1ccc(Cl)cc1. The molecule has 4 nitrogen and oxygen atoms in total. The Morgan fingerprint density at radius 1 is 1.20 bits per heavy atom. The molecule has 1 aromatic carbocycles. The smallest absolute Gasteiger partial charge is 0.307 e. The Hall–Kier alpha value is -1.55. The number of carbonyl (C=O) groups is 2. The number of benzene rings is 1. The van der Waals surface area contributed by atoms with Gasteiger partial charge in [-0.2, -0.15) is 0 Å². The molecule has 0 aliphatic heterocycles. The van der Waals surface area contributed by atoms with Crippen LogP contribution in [0.15, 0.2) is 24.3 Å². The summed E-state index contributed by atoms with van der Waals surface area (Å²) in [7, 11) is 0. The predicted molar refractivity (Wildman–Crippen MR) is 78.6 cm³/mol. The molecule has 0 bridgehead atoms. The molecule has 0 aliphatic carbocycles. The average Bonchev–Trinajstić information content (AvgIpc) is 2.41. The molecule has 0 spiro atoms. The summed E-state index contributed by atoms with van der Waals surface area (Å²) in [4.78, 5) is 22.6. The van der Waals surface area contributed by atoms with E-state index in [2.05, 4.69) is 5.32 Å². The fourth-order valence-electron chi connectivity index (χ4n) is 1.73. The Morgan fingerprint density at radius 2 is 1.90 bits per heavy atom. The standard InChI is InChI=1S/C15H20ClNO3/c1-2-20-15(19)10-11-17-14(18)5-3-4-12-6-8-13(16)9-7-12/h6-9H,2-5,10-11H2,1H3,(H,17,18). The van der Waals surface area contributed by atoms with Crippen molar-refractivity contribution in [2.75, 3.05) is 13.2 Å². The molecule has 110 valence electrons. The van der Waals surface area contributed by atoms with Crippen LogP contribution in [0.5, 0.6) is 0 Å². The first kappa shape index (κ1) is 16.5. The van der Waals surface area contributed by atoms with Gasteiger partial charge in [-0.05, 0) is 37.5 Å². The van der Waals surface area contributed by atoms with E-state index in [0.717, 1.165) is 18.4 Å². The first-order chi connectivity index (χ1) is 9.61. The van der Waals surface area contributed by atoms with Crippen molar-refractivity contribution in [2.45, 2.75) is 32.6 Å². The minimum Gasteiger partial charge on any atom is -0.466 e. The Labute approximate surface area is 124 Å². The van der Waals surface area contributed by atoms with Gasteiger partial charge < -0.3 is 10.1 Å². The molecular formula is C15H20ClNO3. The molecule has 0 aliphatic rings. The van der Waals surface area contributed by atoms with Crippen LogP contribution >= 0.6 is 11.6 Å². The lowest BCUT2D eigenvalue weighted by molar-refractivity contribution is -0.143. The predicted octanol–water partition coefficient (Wildman–Crippen LogP) is 2.73. The monoisotopic (exact) mass is 297 g/mol. The van der Waals surface area contributed by atoms with Crippen molar-refractivity contribution < 1.29 is 14.3 Å². The van der Waals surface area contributed by atoms with Crippen LogP contribution in [-0.2, 0) is 20.7 Å². The van der Waals surface area contributed by atoms with Crippen molar-refractivity contribution in [1.29, 1.82) is 0 Å². The van der Waals surface area contributed by atoms with E-state index in [1.807, 2.05) is 24.3 Å². The summed E-state index contributed by atoms with van der Waals surface area (Å²) in [6.45, 7) is 2.46. The first-order valence-electron chi connectivity index (χ1n) is 6.78. The zero-order valence-electron chi connectivity index (χ0n) is 11.7. The second-order valence-electron chi connectivity index (χ2n) is 4.38. The van der Waals surface area contributed by atoms with Gasteiger partial charge in [0.05, 0.1) is 13.0 Å². The molecule has 1 aromatic rings. The van der Waals surface area contributed by atoms with E-state index in [9.17, 15) is 9.59 Å². The van der Waals surface area contributed by atoms with Gasteiger partial charge in [0, 0.05) is 18.0 Å². The van der Waals surface area contributed by atoms with E-state index in [-0.39, 0.29) is 18.3 Å². The third-order valence-electron chi connectivity index (χ3n) is 2.74. The topological polar surface area (TPSA) is 55.4 Å². The van der Waals surface area contributed by atoms with Gasteiger partial charge in [-0.25, -0.2) is 0 Å². The van der Waals surface area contributed by atoms with Crippen LogP contribution < -0.4 is 5.32 Å². The van der Waals surface area contributed by atoms with Crippen LogP contribution in [0.2, 0.25) is 5.02 Å². The van der Waals surface area contributed by atoms with Crippen LogP contribution in [-0.4, -0.2) is 25.0 Å². The highest BCUT2D eigenvalue weighted by Crippen LogP contribution is 2.11. The number of nitrogens with one attached hydrogen (secondary N) is 1. The molecule has 0 atom stereocenters. The second kappa shape index (κ2) is 9.37. The Balaban J connectivity index is 2.11. The summed E-state index contributed by atoms with van der Waals surface area (Å²) in [6, 6.07) is 7.61. The molecule has 1 rings (SSSR count). The highest BCUT2D eigenvalue weighted by atomic mass is 35.5. The van der Waals surface area contributed by atoms with Gasteiger partial charge >= 0.3 is 5.97 Å². The third-order valence-corrected chi connectivity index (χ3v) is 2.99. The molecule has 0 unspecified atom stereocenters. The van der Waals surface area contributed by atoms with Crippen LogP contribution in [0.3, 0.4) is 0 Å². The molecule has 0 saturated heterocycles. The van der Waals surface area contributed by atoms with Gasteiger partial charge in [-0.3, -0.25) is 9.59 Å². The van der Waals surface area contributed by atoms with Crippen molar-refractivity contribution in [1.82, 2.24) is 5.32 Å². The van der Waals surface area contributed by atoms with Crippen molar-refractivity contribution in [3.8, 4) is 0 Å². The van der Waals surface area contributed by atoms with Gasteiger partial charge in [0.2, 0.25) is 5.91 Å². The fraction of sp³-hybridized carbons (Fsp3) is 0.467. The third kappa shape index (κ3) is 7.14. The molecule has 0 heterocycles. The fourth-order valence-corrected chi connectivity index (χ4v) is 1.86. The number of esters is 1. The van der Waals surface area contributed by atoms with Gasteiger partial charge in [0.15, 0.2) is 0 Å². The molecule has 0 radical (unpaired) electrons. The van der Waals surface area contributed by atoms with E-state index < -0.39 is 0 Å². The maximum atomic E-state index is 11.5. The zero-order valence-corrected chi connectivity index (χ0v) is 12.4. The van der Waals surface area contributed by atoms with Gasteiger partial charge in [-0.1, -0.05) is 23.7 Å². The van der Waals surface area contributed by atoms with Crippen molar-refractivity contribution in [2.24, 2.45) is 0 Å². The lowest BCUT2D eigenvalue weighted by Crippen LogP contribution is -2.26. The van der Waals surface area contributed by atoms with Crippen LogP contribution in [0.25, 0.3) is 0 Å². The van der Waals surface area contributed by atoms with Crippen molar-refractivity contribution in [3.05, 3.63) is 34.9 Å². The van der Waals surface area contributed by atoms with Crippen LogP contribution in [0.4, 0.5) is 0 Å². The summed E-state index contributed by atoms with van der Waals surface area (Å²) >= 11 is 5.80. The Bertz CT molecular complexity index is 431. The van der Waals surface area contributed by atoms with Crippen LogP contribution in [0.1, 0.15) is 31.7 Å². The number of aryl methyl sites for hydroxylation is 1. The molecule has 5 heteroatoms. The normalized spacial score (nSPS) is 10.1. The summed E-state index contributed by atoms with van der Waals surface area (Å²) in [6.07, 6.45) is 2.28. The lowest BCUT2D eigenvalue weighted by Gasteiger charge is -2.05. The Kier molecular flexibility index (Phi) is 7.73. The van der Waals surface area contributed by atoms with Crippen LogP contribution in [0, 0.1) is 0 Å². The summed E-state index contributed by atoms with van der Waals surface area (Å²) in [5.74, 6) is -0.322. The number of carbonyl (C=O) groups excluding carboxylic acids is 2. The number of rotatable bonds is 8. The van der Waals surface area contributed by atoms with Gasteiger partial charge in [0.25, 0.3) is 0 Å². The highest BCUT2D eigenvalue weighted by Gasteiger charge is 2.04. The van der Waals surface area contributed by atoms with E-state index in [0.29, 0.717) is 24.6 Å². The van der Waals surface area contributed by atoms with E-state index in [4.69, 9.17) is 16.3 Å². The molecular weight excluding hydrogens is 278 g/mol. The minimum atomic E-state index is -0.283. The first-order valence-corrected chi connectivity index (χ1v) is 7.16. The molecule has 0 aromatic heterocycles. The minimum absolute atomic E-state index is 0.0386. The summed E-state index contributed by atoms with van der Waals surface area (Å²) in [5, 5.41) is 3.42. The number of ether oxygens (including phenoxy) is 1. The van der Waals surface area contributed by atoms with Crippen molar-refractivity contribution >= 4 is 23.5 Å². The molecule has 1 N–H and O–H groups in total. The van der Waals surface area contributed by atoms with E-state index in [1.54, 1.807) is 6.92 Å². The summed E-state index contributed by atoms with van der Waals surface area (Å²) in [5.41, 5.74) is 1.16. The second-order valence-corrected chi connectivity index (χ2v) is 4.82. The highest BCUT2D eigenvalue weighted by molar-refractivity contribution is 6.30. The number of hydrogen-bond donors (Lipinski definition) is 1. The largest absolute Gasteiger partial charge is 0.466 e. The molecule has 0 fully saturated rings.